The summed E-state index contributed by atoms with van der Waals surface area (Å²) < 4.78 is 4.84. The zero-order valence-corrected chi connectivity index (χ0v) is 10.1. The molecule has 0 amide bonds. The van der Waals surface area contributed by atoms with Crippen LogP contribution in [0.25, 0.3) is 0 Å². The molecular formula is C9H17ClO2Si. The van der Waals surface area contributed by atoms with Crippen LogP contribution in [0.5, 0.6) is 0 Å². The predicted octanol–water partition coefficient (Wildman–Crippen LogP) is 2.94. The highest BCUT2D eigenvalue weighted by Gasteiger charge is 2.20. The van der Waals surface area contributed by atoms with Crippen LogP contribution >= 0.6 is 11.1 Å². The van der Waals surface area contributed by atoms with E-state index in [0.717, 1.165) is 18.5 Å². The minimum absolute atomic E-state index is 0.352. The van der Waals surface area contributed by atoms with Gasteiger partial charge in [0.05, 0.1) is 6.61 Å². The molecule has 0 radical (unpaired) electrons. The van der Waals surface area contributed by atoms with E-state index in [1.54, 1.807) is 0 Å². The maximum atomic E-state index is 10.6. The predicted molar refractivity (Wildman–Crippen MR) is 58.5 cm³/mol. The summed E-state index contributed by atoms with van der Waals surface area (Å²) in [4.78, 5) is 10.6. The van der Waals surface area contributed by atoms with Crippen LogP contribution in [0, 0.1) is 0 Å². The SMILES string of the molecule is C=CC(=O)OCCC[Si](C)(Cl)CC. The fourth-order valence-electron chi connectivity index (χ4n) is 0.849. The highest BCUT2D eigenvalue weighted by atomic mass is 35.6. The van der Waals surface area contributed by atoms with Crippen molar-refractivity contribution in [3.63, 3.8) is 0 Å². The molecule has 0 fully saturated rings. The first-order valence-electron chi connectivity index (χ1n) is 4.50. The Morgan fingerprint density at radius 1 is 1.69 bits per heavy atom. The Morgan fingerprint density at radius 2 is 2.31 bits per heavy atom. The van der Waals surface area contributed by atoms with Crippen molar-refractivity contribution in [3.05, 3.63) is 12.7 Å². The second-order valence-corrected chi connectivity index (χ2v) is 10.0. The van der Waals surface area contributed by atoms with E-state index >= 15 is 0 Å². The third-order valence-electron chi connectivity index (χ3n) is 1.99. The van der Waals surface area contributed by atoms with Crippen LogP contribution in [0.3, 0.4) is 0 Å². The lowest BCUT2D eigenvalue weighted by molar-refractivity contribution is -0.137. The maximum absolute atomic E-state index is 10.6. The Hall–Kier alpha value is -0.283. The van der Waals surface area contributed by atoms with Crippen LogP contribution in [0.2, 0.25) is 18.6 Å². The molecule has 1 unspecified atom stereocenters. The van der Waals surface area contributed by atoms with Crippen molar-refractivity contribution in [1.82, 2.24) is 0 Å². The molecule has 1 atom stereocenters. The zero-order valence-electron chi connectivity index (χ0n) is 8.31. The van der Waals surface area contributed by atoms with Gasteiger partial charge in [0, 0.05) is 6.08 Å². The largest absolute Gasteiger partial charge is 0.463 e. The van der Waals surface area contributed by atoms with E-state index in [9.17, 15) is 4.79 Å². The lowest BCUT2D eigenvalue weighted by Gasteiger charge is -2.15. The average Bonchev–Trinajstić information content (AvgIpc) is 2.12. The normalized spacial score (nSPS) is 14.7. The standard InChI is InChI=1S/C9H17ClO2Si/c1-4-9(11)12-7-6-8-13(3,10)5-2/h4H,1,5-8H2,2-3H3. The first-order valence-corrected chi connectivity index (χ1v) is 8.42. The smallest absolute Gasteiger partial charge is 0.330 e. The van der Waals surface area contributed by atoms with E-state index in [4.69, 9.17) is 15.8 Å². The van der Waals surface area contributed by atoms with Crippen LogP contribution < -0.4 is 0 Å². The van der Waals surface area contributed by atoms with E-state index in [0.29, 0.717) is 6.61 Å². The van der Waals surface area contributed by atoms with Gasteiger partial charge in [0.25, 0.3) is 0 Å². The fourth-order valence-corrected chi connectivity index (χ4v) is 2.49. The minimum atomic E-state index is -1.50. The minimum Gasteiger partial charge on any atom is -0.463 e. The second-order valence-electron chi connectivity index (χ2n) is 3.24. The van der Waals surface area contributed by atoms with Gasteiger partial charge in [-0.25, -0.2) is 4.79 Å². The van der Waals surface area contributed by atoms with Gasteiger partial charge in [-0.15, -0.1) is 0 Å². The number of carbonyl (C=O) groups is 1. The van der Waals surface area contributed by atoms with Gasteiger partial charge in [0.2, 0.25) is 0 Å². The number of hydrogen-bond acceptors (Lipinski definition) is 2. The van der Waals surface area contributed by atoms with Gasteiger partial charge in [-0.2, -0.15) is 11.1 Å². The van der Waals surface area contributed by atoms with Crippen LogP contribution in [-0.2, 0) is 9.53 Å². The van der Waals surface area contributed by atoms with Crippen molar-refractivity contribution < 1.29 is 9.53 Å². The molecule has 0 spiro atoms. The Balaban J connectivity index is 3.46. The molecule has 0 rings (SSSR count). The summed E-state index contributed by atoms with van der Waals surface area (Å²) in [7, 11) is -1.50. The van der Waals surface area contributed by atoms with Gasteiger partial charge in [-0.3, -0.25) is 0 Å². The van der Waals surface area contributed by atoms with Gasteiger partial charge in [0.1, 0.15) is 0 Å². The van der Waals surface area contributed by atoms with Crippen LogP contribution in [0.4, 0.5) is 0 Å². The summed E-state index contributed by atoms with van der Waals surface area (Å²) in [5, 5.41) is 0. The third kappa shape index (κ3) is 6.84. The molecule has 2 nitrogen and oxygen atoms in total. The average molecular weight is 221 g/mol. The van der Waals surface area contributed by atoms with Crippen molar-refractivity contribution in [2.45, 2.75) is 32.0 Å². The summed E-state index contributed by atoms with van der Waals surface area (Å²) in [6, 6.07) is 2.05. The van der Waals surface area contributed by atoms with Crippen molar-refractivity contribution in [3.8, 4) is 0 Å². The Bertz CT molecular complexity index is 180. The summed E-state index contributed by atoms with van der Waals surface area (Å²) >= 11 is 6.25. The first-order chi connectivity index (χ1) is 6.02. The van der Waals surface area contributed by atoms with Crippen molar-refractivity contribution >= 4 is 24.4 Å². The highest BCUT2D eigenvalue weighted by molar-refractivity contribution is 7.19. The van der Waals surface area contributed by atoms with Crippen LogP contribution in [-0.4, -0.2) is 20.0 Å². The number of carbonyl (C=O) groups excluding carboxylic acids is 1. The summed E-state index contributed by atoms with van der Waals surface area (Å²) in [5.74, 6) is -0.352. The van der Waals surface area contributed by atoms with Gasteiger partial charge < -0.3 is 4.74 Å². The number of ether oxygens (including phenoxy) is 1. The quantitative estimate of drug-likeness (QED) is 0.226. The lowest BCUT2D eigenvalue weighted by Crippen LogP contribution is -2.20. The van der Waals surface area contributed by atoms with Gasteiger partial charge >= 0.3 is 5.97 Å². The summed E-state index contributed by atoms with van der Waals surface area (Å²) in [5.41, 5.74) is 0. The van der Waals surface area contributed by atoms with Crippen molar-refractivity contribution in [1.29, 1.82) is 0 Å². The molecule has 0 N–H and O–H groups in total. The molecule has 0 saturated carbocycles. The Kier molecular flexibility index (Phi) is 6.08. The molecule has 0 saturated heterocycles. The highest BCUT2D eigenvalue weighted by Crippen LogP contribution is 2.21. The van der Waals surface area contributed by atoms with Crippen molar-refractivity contribution in [2.24, 2.45) is 0 Å². The molecule has 0 aromatic rings. The number of esters is 1. The number of hydrogen-bond donors (Lipinski definition) is 0. The fraction of sp³-hybridized carbons (Fsp3) is 0.667. The first kappa shape index (κ1) is 12.7. The van der Waals surface area contributed by atoms with E-state index in [1.807, 2.05) is 0 Å². The molecule has 0 aliphatic rings. The molecular weight excluding hydrogens is 204 g/mol. The van der Waals surface area contributed by atoms with Crippen LogP contribution in [0.15, 0.2) is 12.7 Å². The van der Waals surface area contributed by atoms with Gasteiger partial charge in [0.15, 0.2) is 7.38 Å². The van der Waals surface area contributed by atoms with Gasteiger partial charge in [-0.05, 0) is 18.5 Å². The Morgan fingerprint density at radius 3 is 2.77 bits per heavy atom. The molecule has 0 aromatic heterocycles. The van der Waals surface area contributed by atoms with Gasteiger partial charge in [-0.1, -0.05) is 20.0 Å². The molecule has 0 aliphatic carbocycles. The molecule has 13 heavy (non-hydrogen) atoms. The third-order valence-corrected chi connectivity index (χ3v) is 6.23. The second kappa shape index (κ2) is 6.21. The number of rotatable bonds is 6. The maximum Gasteiger partial charge on any atom is 0.330 e. The molecule has 0 aromatic carbocycles. The van der Waals surface area contributed by atoms with E-state index in [-0.39, 0.29) is 5.97 Å². The monoisotopic (exact) mass is 220 g/mol. The van der Waals surface area contributed by atoms with E-state index < -0.39 is 7.38 Å². The van der Waals surface area contributed by atoms with E-state index in [1.165, 1.54) is 6.08 Å². The van der Waals surface area contributed by atoms with Crippen molar-refractivity contribution in [2.75, 3.05) is 6.61 Å². The molecule has 4 heteroatoms. The molecule has 0 heterocycles. The molecule has 0 bridgehead atoms. The lowest BCUT2D eigenvalue weighted by atomic mass is 10.5. The van der Waals surface area contributed by atoms with E-state index in [2.05, 4.69) is 20.0 Å². The molecule has 0 aliphatic heterocycles. The number of halogens is 1. The summed E-state index contributed by atoms with van der Waals surface area (Å²) in [6.07, 6.45) is 2.04. The zero-order chi connectivity index (χ0) is 10.3. The summed E-state index contributed by atoms with van der Waals surface area (Å²) in [6.45, 7) is 8.01. The van der Waals surface area contributed by atoms with Crippen LogP contribution in [0.1, 0.15) is 13.3 Å². The Labute approximate surface area is 85.6 Å². The topological polar surface area (TPSA) is 26.3 Å². The molecule has 76 valence electrons.